The van der Waals surface area contributed by atoms with Gasteiger partial charge in [-0.2, -0.15) is 0 Å². The molecule has 1 aliphatic rings. The van der Waals surface area contributed by atoms with Crippen molar-refractivity contribution < 1.29 is 21.3 Å². The maximum atomic E-state index is 13.8. The van der Waals surface area contributed by atoms with E-state index in [1.165, 1.54) is 215 Å². The summed E-state index contributed by atoms with van der Waals surface area (Å²) >= 11 is 23.4. The van der Waals surface area contributed by atoms with Crippen LogP contribution in [0.3, 0.4) is 0 Å². The fourth-order valence-electron chi connectivity index (χ4n) is 11.8. The normalized spacial score (nSPS) is 13.3. The number of thiophene rings is 6. The fraction of sp³-hybridized carbons (Fsp3) is 0.573. The molecule has 0 fully saturated rings. The Bertz CT molecular complexity index is 4120. The first kappa shape index (κ1) is 79.0. The van der Waals surface area contributed by atoms with E-state index in [0.717, 1.165) is 46.6 Å². The summed E-state index contributed by atoms with van der Waals surface area (Å²) < 4.78 is 96.2. The number of sulfone groups is 1. The number of halogens is 2. The molecule has 0 saturated carbocycles. The van der Waals surface area contributed by atoms with Gasteiger partial charge in [-0.25, -0.2) is 17.2 Å². The van der Waals surface area contributed by atoms with E-state index in [2.05, 4.69) is 214 Å². The Balaban J connectivity index is 0.000000312. The number of hydrogen-bond donors (Lipinski definition) is 2. The highest BCUT2D eigenvalue weighted by molar-refractivity contribution is 8.12. The summed E-state index contributed by atoms with van der Waals surface area (Å²) in [7, 11) is -6.55. The molecule has 2 nitrogen and oxygen atoms in total. The zero-order chi connectivity index (χ0) is 75.6. The molecule has 0 aromatic carbocycles. The van der Waals surface area contributed by atoms with E-state index >= 15 is 0 Å². The quantitative estimate of drug-likeness (QED) is 0.0135. The Hall–Kier alpha value is -3.08. The Morgan fingerprint density at radius 1 is 0.480 bits per heavy atom. The molecule has 6 aromatic rings. The third-order valence-corrected chi connectivity index (χ3v) is 28.2. The number of thiol groups is 2. The minimum absolute atomic E-state index is 0.217. The third kappa shape index (κ3) is 31.5. The monoisotopic (exact) mass is 1550 g/mol. The number of aryl methyl sites for hydroxylation is 6. The van der Waals surface area contributed by atoms with Gasteiger partial charge in [-0.05, 0) is 167 Å². The van der Waals surface area contributed by atoms with Crippen molar-refractivity contribution in [1.82, 2.24) is 0 Å². The lowest BCUT2D eigenvalue weighted by Crippen LogP contribution is -2.04. The van der Waals surface area contributed by atoms with Crippen molar-refractivity contribution in [2.75, 3.05) is 6.63 Å². The third-order valence-electron chi connectivity index (χ3n) is 16.8. The van der Waals surface area contributed by atoms with Crippen molar-refractivity contribution in [3.05, 3.63) is 41.8 Å². The first-order valence-electron chi connectivity index (χ1n) is 38.0. The standard InChI is InChI=1S/C32H48S4.C30H48O2S3.C10H4FPS3.C10H6FP/c1-5-7-9-11-13-15-17-19-21-25-23(3)33-29-27(25)35-32-30-28(36-31(29)32)26(24(4)34-30)22-20-18-16-14-12-10-8-6-2;1-5-7-9-11-13-15-17-19-21-25-23(3)33-27-28-30(35(31,32)29(25)27)26(24(4)34-28)22-20-18-16-14-12-10-8-6-2;11-9(13)5-1-3-7-12-8-4-2-6-10(14)15;1-2-3-6-9-12-10-7-4-5-8-11/h5-22H2,1-4H3;5-22H2,1-4H3;9,12-13H,(H,14,15);12H,8H2,1H3/i;;9T,12D;8T2,12D. The summed E-state index contributed by atoms with van der Waals surface area (Å²) in [5.74, 6) is 26.5. The molecule has 3 atom stereocenters. The van der Waals surface area contributed by atoms with Gasteiger partial charge in [0.1, 0.15) is 4.20 Å². The predicted molar refractivity (Wildman–Crippen MR) is 454 cm³/mol. The van der Waals surface area contributed by atoms with Gasteiger partial charge in [-0.15, -0.1) is 93.3 Å². The topological polar surface area (TPSA) is 34.1 Å². The van der Waals surface area contributed by atoms with Crippen LogP contribution in [-0.4, -0.2) is 27.3 Å². The van der Waals surface area contributed by atoms with Crippen molar-refractivity contribution in [3.8, 4) is 103 Å². The minimum atomic E-state index is -3.38. The number of alkyl halides is 2. The predicted octanol–water partition coefficient (Wildman–Crippen LogP) is 27.6. The maximum Gasteiger partial charge on any atom is 0.210 e. The highest BCUT2D eigenvalue weighted by Crippen LogP contribution is 2.56. The van der Waals surface area contributed by atoms with Crippen LogP contribution in [0.5, 0.6) is 0 Å². The molecule has 0 saturated heterocycles. The van der Waals surface area contributed by atoms with Crippen LogP contribution in [0.25, 0.3) is 38.0 Å². The molecule has 7 rings (SSSR count). The number of unbranched alkanes of at least 4 members (excludes halogenated alkanes) is 28. The molecular weight excluding hydrogens is 1440 g/mol. The van der Waals surface area contributed by atoms with Gasteiger partial charge >= 0.3 is 0 Å². The Labute approximate surface area is 643 Å². The fourth-order valence-corrected chi connectivity index (χ4v) is 24.1. The first-order chi connectivity index (χ1) is 49.3. The Kier molecular flexibility index (Phi) is 42.6. The van der Waals surface area contributed by atoms with Crippen molar-refractivity contribution in [2.24, 2.45) is 0 Å². The minimum Gasteiger partial charge on any atom is -0.237 e. The molecular formula is C82H106F2O2P2S10. The van der Waals surface area contributed by atoms with Crippen molar-refractivity contribution in [1.29, 1.82) is 2.56 Å². The molecule has 98 heavy (non-hydrogen) atoms. The van der Waals surface area contributed by atoms with Crippen LogP contribution >= 0.6 is 123 Å². The van der Waals surface area contributed by atoms with Crippen LogP contribution in [-0.2, 0) is 35.5 Å². The summed E-state index contributed by atoms with van der Waals surface area (Å²) in [6.45, 7) is 16.7. The van der Waals surface area contributed by atoms with Crippen LogP contribution in [0, 0.1) is 121 Å². The second-order valence-corrected chi connectivity index (χ2v) is 36.1. The Morgan fingerprint density at radius 2 is 0.786 bits per heavy atom. The highest BCUT2D eigenvalue weighted by atomic mass is 32.2. The largest absolute Gasteiger partial charge is 0.237 e. The smallest absolute Gasteiger partial charge is 0.210 e. The SMILES string of the molecule is CCCCCCCCCCc1c(C)sc2c1S(=O)(=O)c1c-2sc(C)c1CCCCCCCCCC.CCCCCCCCCCc1c(C)sc2c1sc1c3sc(C)c(CCCCCCCCCC)c3sc21.[2H]P(C#CC#CC(=S)S)C#CC#CC([3H])(F)S.[2H]P(C#CC#CC)C#CC#CC([3H])([3H])F. The van der Waals surface area contributed by atoms with Crippen molar-refractivity contribution in [2.45, 2.75) is 309 Å². The number of fused-ring (bicyclic) bond motifs is 8. The van der Waals surface area contributed by atoms with E-state index in [1.54, 1.807) is 84.6 Å². The van der Waals surface area contributed by atoms with E-state index in [4.69, 9.17) is 6.67 Å². The lowest BCUT2D eigenvalue weighted by atomic mass is 10.0. The van der Waals surface area contributed by atoms with Gasteiger partial charge in [0.2, 0.25) is 15.3 Å². The van der Waals surface area contributed by atoms with E-state index < -0.39 is 39.0 Å². The lowest BCUT2D eigenvalue weighted by molar-refractivity contribution is 0.536. The maximum absolute atomic E-state index is 13.8. The number of rotatable bonds is 36. The molecule has 16 heteroatoms. The molecule has 3 unspecified atom stereocenters. The van der Waals surface area contributed by atoms with Gasteiger partial charge in [0.05, 0.1) is 54.4 Å². The van der Waals surface area contributed by atoms with Gasteiger partial charge in [0.15, 0.2) is 6.63 Å². The summed E-state index contributed by atoms with van der Waals surface area (Å²) in [6, 6.07) is 0. The molecule has 1 aliphatic heterocycles. The second kappa shape index (κ2) is 52.8. The summed E-state index contributed by atoms with van der Waals surface area (Å²) in [5.41, 5.74) is 12.6. The van der Waals surface area contributed by atoms with Gasteiger partial charge < -0.3 is 0 Å². The van der Waals surface area contributed by atoms with Crippen LogP contribution in [0.4, 0.5) is 8.78 Å². The summed E-state index contributed by atoms with van der Waals surface area (Å²) in [4.78, 5) is 9.03. The Morgan fingerprint density at radius 3 is 1.12 bits per heavy atom. The van der Waals surface area contributed by atoms with Crippen LogP contribution in [0.2, 0.25) is 0 Å². The molecule has 0 bridgehead atoms. The first-order valence-corrected chi connectivity index (χ1v) is 45.1. The van der Waals surface area contributed by atoms with Crippen molar-refractivity contribution in [3.63, 3.8) is 0 Å². The van der Waals surface area contributed by atoms with E-state index in [1.807, 2.05) is 11.8 Å². The van der Waals surface area contributed by atoms with Gasteiger partial charge in [-0.1, -0.05) is 254 Å². The van der Waals surface area contributed by atoms with E-state index in [0.29, 0.717) is 9.79 Å². The number of hydrogen-bond acceptors (Lipinski definition) is 10. The molecule has 0 amide bonds. The van der Waals surface area contributed by atoms with Crippen LogP contribution in [0.15, 0.2) is 9.79 Å². The lowest BCUT2D eigenvalue weighted by Gasteiger charge is -2.08. The molecule has 7 heterocycles. The van der Waals surface area contributed by atoms with E-state index in [9.17, 15) is 17.2 Å². The van der Waals surface area contributed by atoms with Crippen molar-refractivity contribution >= 4 is 165 Å². The molecule has 6 aromatic heterocycles. The van der Waals surface area contributed by atoms with Gasteiger partial charge in [0.25, 0.3) is 0 Å². The molecule has 0 N–H and O–H groups in total. The highest BCUT2D eigenvalue weighted by Gasteiger charge is 2.42. The van der Waals surface area contributed by atoms with Crippen LogP contribution in [0.1, 0.15) is 286 Å². The summed E-state index contributed by atoms with van der Waals surface area (Å²) in [5, 5.41) is 0. The van der Waals surface area contributed by atoms with Crippen LogP contribution < -0.4 is 0 Å². The average Bonchev–Trinajstić information content (AvgIpc) is 1.55. The molecule has 0 spiro atoms. The average molecular weight is 1550 g/mol. The zero-order valence-electron chi connectivity index (χ0n) is 64.6. The summed E-state index contributed by atoms with van der Waals surface area (Å²) in [6.07, 6.45) is 47.4. The zero-order valence-corrected chi connectivity index (χ0v) is 69.7. The molecule has 0 aliphatic carbocycles. The second-order valence-electron chi connectivity index (χ2n) is 24.4. The molecule has 0 radical (unpaired) electrons. The van der Waals surface area contributed by atoms with Gasteiger partial charge in [0, 0.05) is 36.6 Å². The van der Waals surface area contributed by atoms with E-state index in [-0.39, 0.29) is 4.20 Å². The van der Waals surface area contributed by atoms with Gasteiger partial charge in [-0.3, -0.25) is 0 Å². The molecule has 530 valence electrons. The number of thiocarbonyl (C=S) groups is 1.